The van der Waals surface area contributed by atoms with Crippen LogP contribution in [0, 0.1) is 17.5 Å². The first kappa shape index (κ1) is 24.6. The Morgan fingerprint density at radius 1 is 0.714 bits per heavy atom. The topological polar surface area (TPSA) is 9.23 Å². The van der Waals surface area contributed by atoms with Gasteiger partial charge in [0.15, 0.2) is 24.0 Å². The minimum atomic E-state index is -4.72. The number of benzene rings is 4. The third-order valence-corrected chi connectivity index (χ3v) is 5.85. The highest BCUT2D eigenvalue weighted by molar-refractivity contribution is 5.88. The Morgan fingerprint density at radius 2 is 1.37 bits per heavy atom. The predicted octanol–water partition coefficient (Wildman–Crippen LogP) is 8.21. The molecule has 0 saturated heterocycles. The molecule has 0 bridgehead atoms. The van der Waals surface area contributed by atoms with Gasteiger partial charge in [-0.25, -0.2) is 13.2 Å². The fraction of sp³-hybridized carbons (Fsp3) is 0.214. The first-order valence-corrected chi connectivity index (χ1v) is 11.1. The molecular weight excluding hydrogens is 466 g/mol. The highest BCUT2D eigenvalue weighted by atomic mass is 19.4. The van der Waals surface area contributed by atoms with Gasteiger partial charge in [-0.15, -0.1) is 0 Å². The number of alkyl halides is 3. The molecule has 4 aromatic carbocycles. The molecule has 0 heterocycles. The van der Waals surface area contributed by atoms with Crippen molar-refractivity contribution in [3.05, 3.63) is 101 Å². The van der Waals surface area contributed by atoms with Crippen molar-refractivity contribution < 1.29 is 31.1 Å². The van der Waals surface area contributed by atoms with Crippen molar-refractivity contribution in [3.63, 3.8) is 0 Å². The zero-order valence-electron chi connectivity index (χ0n) is 18.9. The number of ether oxygens (including phenoxy) is 1. The van der Waals surface area contributed by atoms with Crippen molar-refractivity contribution in [2.45, 2.75) is 32.4 Å². The Bertz CT molecular complexity index is 1320. The van der Waals surface area contributed by atoms with Crippen molar-refractivity contribution in [3.8, 4) is 16.9 Å². The van der Waals surface area contributed by atoms with E-state index in [-0.39, 0.29) is 18.4 Å². The normalized spacial score (nSPS) is 11.7. The van der Waals surface area contributed by atoms with Crippen molar-refractivity contribution in [2.75, 3.05) is 6.61 Å². The molecule has 182 valence electrons. The second kappa shape index (κ2) is 10.0. The zero-order chi connectivity index (χ0) is 25.2. The molecule has 7 heteroatoms. The summed E-state index contributed by atoms with van der Waals surface area (Å²) in [6.07, 6.45) is -3.52. The summed E-state index contributed by atoms with van der Waals surface area (Å²) in [6, 6.07) is 18.9. The Hall–Kier alpha value is -3.48. The van der Waals surface area contributed by atoms with Gasteiger partial charge in [0.1, 0.15) is 5.82 Å². The summed E-state index contributed by atoms with van der Waals surface area (Å²) in [6.45, 7) is 0.286. The van der Waals surface area contributed by atoms with Crippen LogP contribution in [0.5, 0.6) is 5.75 Å². The number of hydrogen-bond acceptors (Lipinski definition) is 1. The van der Waals surface area contributed by atoms with E-state index in [1.54, 1.807) is 18.2 Å². The van der Waals surface area contributed by atoms with E-state index in [0.29, 0.717) is 10.9 Å². The number of rotatable bonds is 7. The van der Waals surface area contributed by atoms with Crippen LogP contribution in [0.2, 0.25) is 0 Å². The molecule has 0 amide bonds. The summed E-state index contributed by atoms with van der Waals surface area (Å²) in [5, 5.41) is 1.16. The van der Waals surface area contributed by atoms with E-state index in [9.17, 15) is 22.0 Å². The van der Waals surface area contributed by atoms with Crippen molar-refractivity contribution >= 4 is 10.8 Å². The monoisotopic (exact) mass is 488 g/mol. The van der Waals surface area contributed by atoms with E-state index < -0.39 is 36.0 Å². The molecule has 0 aliphatic rings. The molecule has 0 unspecified atom stereocenters. The summed E-state index contributed by atoms with van der Waals surface area (Å²) in [5.41, 5.74) is 3.78. The minimum Gasteiger partial charge on any atom is -0.478 e. The van der Waals surface area contributed by atoms with E-state index in [1.807, 2.05) is 24.3 Å². The van der Waals surface area contributed by atoms with Crippen LogP contribution >= 0.6 is 0 Å². The van der Waals surface area contributed by atoms with Crippen LogP contribution in [0.1, 0.15) is 23.6 Å². The molecule has 0 radical (unpaired) electrons. The second-order valence-electron chi connectivity index (χ2n) is 8.32. The molecular formula is C28H22F6O. The van der Waals surface area contributed by atoms with Crippen molar-refractivity contribution in [1.29, 1.82) is 0 Å². The molecule has 4 rings (SSSR count). The molecule has 0 atom stereocenters. The molecule has 4 aromatic rings. The Morgan fingerprint density at radius 3 is 2.00 bits per heavy atom. The largest absolute Gasteiger partial charge is 0.478 e. The smallest absolute Gasteiger partial charge is 0.422 e. The molecule has 1 nitrogen and oxygen atoms in total. The average Bonchev–Trinajstić information content (AvgIpc) is 2.82. The fourth-order valence-electron chi connectivity index (χ4n) is 3.97. The van der Waals surface area contributed by atoms with Gasteiger partial charge in [0, 0.05) is 5.39 Å². The van der Waals surface area contributed by atoms with E-state index in [0.717, 1.165) is 35.1 Å². The number of halogens is 6. The second-order valence-corrected chi connectivity index (χ2v) is 8.32. The Kier molecular flexibility index (Phi) is 7.05. The lowest BCUT2D eigenvalue weighted by Crippen LogP contribution is -2.20. The quantitative estimate of drug-likeness (QED) is 0.238. The van der Waals surface area contributed by atoms with Gasteiger partial charge in [0.05, 0.1) is 0 Å². The third-order valence-electron chi connectivity index (χ3n) is 5.85. The number of fused-ring (bicyclic) bond motifs is 1. The highest BCUT2D eigenvalue weighted by Gasteiger charge is 2.29. The molecule has 35 heavy (non-hydrogen) atoms. The van der Waals surface area contributed by atoms with E-state index >= 15 is 4.39 Å². The van der Waals surface area contributed by atoms with Gasteiger partial charge < -0.3 is 4.74 Å². The zero-order valence-corrected chi connectivity index (χ0v) is 18.9. The predicted molar refractivity (Wildman–Crippen MR) is 124 cm³/mol. The number of hydrogen-bond donors (Lipinski definition) is 0. The van der Waals surface area contributed by atoms with Crippen LogP contribution in [0.25, 0.3) is 21.9 Å². The fourth-order valence-corrected chi connectivity index (χ4v) is 3.97. The van der Waals surface area contributed by atoms with Crippen LogP contribution in [-0.2, 0) is 19.3 Å². The van der Waals surface area contributed by atoms with Crippen molar-refractivity contribution in [1.82, 2.24) is 0 Å². The third kappa shape index (κ3) is 5.78. The maximum absolute atomic E-state index is 15.2. The van der Waals surface area contributed by atoms with E-state index in [4.69, 9.17) is 0 Å². The van der Waals surface area contributed by atoms with Gasteiger partial charge in [-0.2, -0.15) is 13.2 Å². The van der Waals surface area contributed by atoms with Gasteiger partial charge in [-0.05, 0) is 70.7 Å². The maximum atomic E-state index is 15.2. The molecule has 0 N–H and O–H groups in total. The first-order valence-electron chi connectivity index (χ1n) is 11.1. The van der Waals surface area contributed by atoms with Crippen molar-refractivity contribution in [2.24, 2.45) is 0 Å². The highest BCUT2D eigenvalue weighted by Crippen LogP contribution is 2.30. The Balaban J connectivity index is 1.51. The maximum Gasteiger partial charge on any atom is 0.422 e. The Labute approximate surface area is 199 Å². The summed E-state index contributed by atoms with van der Waals surface area (Å²) in [5.74, 6) is -3.96. The molecule has 0 saturated carbocycles. The molecule has 0 aliphatic carbocycles. The van der Waals surface area contributed by atoms with Gasteiger partial charge in [0.25, 0.3) is 0 Å². The van der Waals surface area contributed by atoms with Gasteiger partial charge in [0.2, 0.25) is 0 Å². The summed E-state index contributed by atoms with van der Waals surface area (Å²) < 4.78 is 84.4. The summed E-state index contributed by atoms with van der Waals surface area (Å²) in [4.78, 5) is 0. The van der Waals surface area contributed by atoms with Crippen LogP contribution < -0.4 is 4.74 Å². The summed E-state index contributed by atoms with van der Waals surface area (Å²) in [7, 11) is 0. The molecule has 0 spiro atoms. The van der Waals surface area contributed by atoms with Crippen LogP contribution in [0.4, 0.5) is 26.3 Å². The van der Waals surface area contributed by atoms with Crippen LogP contribution in [-0.4, -0.2) is 12.8 Å². The van der Waals surface area contributed by atoms with Crippen LogP contribution in [0.15, 0.2) is 66.7 Å². The lowest BCUT2D eigenvalue weighted by Gasteiger charge is -2.12. The molecule has 0 aliphatic heterocycles. The van der Waals surface area contributed by atoms with Gasteiger partial charge in [-0.1, -0.05) is 55.5 Å². The first-order chi connectivity index (χ1) is 16.6. The van der Waals surface area contributed by atoms with Gasteiger partial charge >= 0.3 is 6.18 Å². The number of aryl methyl sites for hydroxylation is 3. The van der Waals surface area contributed by atoms with Crippen LogP contribution in [0.3, 0.4) is 0 Å². The SMILES string of the molecule is CCc1ccc(-c2ccc3c(F)c(CCc4cc(F)c(OCC(F)(F)F)c(F)c4)ccc3c2)cc1. The van der Waals surface area contributed by atoms with E-state index in [2.05, 4.69) is 23.8 Å². The minimum absolute atomic E-state index is 0.0949. The molecule has 0 aromatic heterocycles. The lowest BCUT2D eigenvalue weighted by molar-refractivity contribution is -0.154. The van der Waals surface area contributed by atoms with E-state index in [1.165, 1.54) is 5.56 Å². The summed E-state index contributed by atoms with van der Waals surface area (Å²) >= 11 is 0. The molecule has 0 fully saturated rings. The standard InChI is InChI=1S/C28H22F6O/c1-2-17-3-6-19(7-4-17)21-11-12-23-22(15-21)10-9-20(26(23)31)8-5-18-13-24(29)27(25(30)14-18)35-16-28(32,33)34/h3-4,6-7,9-15H,2,5,8,16H2,1H3. The lowest BCUT2D eigenvalue weighted by atomic mass is 9.96. The van der Waals surface area contributed by atoms with Gasteiger partial charge in [-0.3, -0.25) is 0 Å². The average molecular weight is 488 g/mol.